The molecule has 0 radical (unpaired) electrons. The molecule has 110 valence electrons. The monoisotopic (exact) mass is 291 g/mol. The molecular weight excluding hydrogens is 274 g/mol. The summed E-state index contributed by atoms with van der Waals surface area (Å²) in [5, 5.41) is 14.5. The fourth-order valence-electron chi connectivity index (χ4n) is 2.47. The van der Waals surface area contributed by atoms with E-state index in [9.17, 15) is 0 Å². The van der Waals surface area contributed by atoms with E-state index in [1.54, 1.807) is 6.92 Å². The van der Waals surface area contributed by atoms with Gasteiger partial charge in [-0.15, -0.1) is 0 Å². The molecule has 0 saturated heterocycles. The second kappa shape index (κ2) is 6.31. The third-order valence-electron chi connectivity index (χ3n) is 3.65. The minimum absolute atomic E-state index is 0.473. The molecule has 22 heavy (non-hydrogen) atoms. The Labute approximate surface area is 129 Å². The van der Waals surface area contributed by atoms with Crippen molar-refractivity contribution in [3.05, 3.63) is 77.9 Å². The molecule has 0 aliphatic carbocycles. The molecule has 3 nitrogen and oxygen atoms in total. The van der Waals surface area contributed by atoms with Gasteiger partial charge in [-0.3, -0.25) is 0 Å². The van der Waals surface area contributed by atoms with E-state index in [-0.39, 0.29) is 0 Å². The number of oxime groups is 1. The zero-order valence-corrected chi connectivity index (χ0v) is 12.4. The largest absolute Gasteiger partial charge is 0.488 e. The number of nitrogens with zero attached hydrogens (tertiary/aromatic N) is 1. The number of benzene rings is 3. The number of ether oxygens (including phenoxy) is 1. The number of rotatable bonds is 4. The molecule has 3 heteroatoms. The number of fused-ring (bicyclic) bond motifs is 1. The van der Waals surface area contributed by atoms with E-state index in [0.717, 1.165) is 27.6 Å². The van der Waals surface area contributed by atoms with Gasteiger partial charge in [0.15, 0.2) is 0 Å². The first kappa shape index (κ1) is 14.1. The van der Waals surface area contributed by atoms with Crippen LogP contribution in [0.4, 0.5) is 0 Å². The highest BCUT2D eigenvalue weighted by molar-refractivity contribution is 6.06. The first-order valence-corrected chi connectivity index (χ1v) is 7.17. The summed E-state index contributed by atoms with van der Waals surface area (Å²) in [6.45, 7) is 2.24. The predicted octanol–water partition coefficient (Wildman–Crippen LogP) is 4.62. The fourth-order valence-corrected chi connectivity index (χ4v) is 2.47. The first-order chi connectivity index (χ1) is 10.8. The topological polar surface area (TPSA) is 41.8 Å². The molecule has 0 saturated carbocycles. The number of hydrogen-bond acceptors (Lipinski definition) is 3. The lowest BCUT2D eigenvalue weighted by Gasteiger charge is -2.14. The van der Waals surface area contributed by atoms with E-state index in [0.29, 0.717) is 12.3 Å². The summed E-state index contributed by atoms with van der Waals surface area (Å²) in [6, 6.07) is 22.0. The smallest absolute Gasteiger partial charge is 0.136 e. The highest BCUT2D eigenvalue weighted by Gasteiger charge is 2.12. The molecule has 0 aromatic heterocycles. The van der Waals surface area contributed by atoms with Gasteiger partial charge in [-0.25, -0.2) is 0 Å². The van der Waals surface area contributed by atoms with Crippen LogP contribution in [0.25, 0.3) is 10.8 Å². The van der Waals surface area contributed by atoms with Crippen LogP contribution in [-0.4, -0.2) is 10.9 Å². The average molecular weight is 291 g/mol. The maximum Gasteiger partial charge on any atom is 0.136 e. The van der Waals surface area contributed by atoms with Crippen LogP contribution in [0.1, 0.15) is 18.1 Å². The minimum atomic E-state index is 0.473. The predicted molar refractivity (Wildman–Crippen MR) is 88.7 cm³/mol. The van der Waals surface area contributed by atoms with Gasteiger partial charge >= 0.3 is 0 Å². The van der Waals surface area contributed by atoms with Gasteiger partial charge < -0.3 is 9.94 Å². The summed E-state index contributed by atoms with van der Waals surface area (Å²) in [4.78, 5) is 0. The lowest BCUT2D eigenvalue weighted by molar-refractivity contribution is 0.306. The molecule has 0 atom stereocenters. The summed E-state index contributed by atoms with van der Waals surface area (Å²) in [6.07, 6.45) is 0. The van der Waals surface area contributed by atoms with E-state index >= 15 is 0 Å². The molecule has 3 aromatic rings. The van der Waals surface area contributed by atoms with Crippen molar-refractivity contribution >= 4 is 16.5 Å². The summed E-state index contributed by atoms with van der Waals surface area (Å²) in [5.74, 6) is 0.747. The maximum absolute atomic E-state index is 9.10. The SMILES string of the molecule is C/C(=N\O)c1ccc2ccccc2c1OCc1ccccc1. The van der Waals surface area contributed by atoms with Crippen molar-refractivity contribution in [1.82, 2.24) is 0 Å². The summed E-state index contributed by atoms with van der Waals surface area (Å²) >= 11 is 0. The molecule has 0 aliphatic rings. The molecule has 0 amide bonds. The third-order valence-corrected chi connectivity index (χ3v) is 3.65. The van der Waals surface area contributed by atoms with E-state index in [1.165, 1.54) is 0 Å². The summed E-state index contributed by atoms with van der Waals surface area (Å²) < 4.78 is 6.07. The molecule has 3 rings (SSSR count). The highest BCUT2D eigenvalue weighted by Crippen LogP contribution is 2.31. The van der Waals surface area contributed by atoms with Crippen molar-refractivity contribution in [2.24, 2.45) is 5.16 Å². The molecular formula is C19H17NO2. The Morgan fingerprint density at radius 3 is 2.45 bits per heavy atom. The normalized spacial score (nSPS) is 11.6. The second-order valence-corrected chi connectivity index (χ2v) is 5.12. The lowest BCUT2D eigenvalue weighted by atomic mass is 10.0. The van der Waals surface area contributed by atoms with Crippen molar-refractivity contribution < 1.29 is 9.94 Å². The van der Waals surface area contributed by atoms with Crippen LogP contribution in [0.3, 0.4) is 0 Å². The summed E-state index contributed by atoms with van der Waals surface area (Å²) in [7, 11) is 0. The molecule has 0 fully saturated rings. The molecule has 0 unspecified atom stereocenters. The molecule has 1 N–H and O–H groups in total. The van der Waals surface area contributed by atoms with Crippen molar-refractivity contribution in [3.8, 4) is 5.75 Å². The Kier molecular flexibility index (Phi) is 4.05. The Morgan fingerprint density at radius 2 is 1.68 bits per heavy atom. The van der Waals surface area contributed by atoms with Gasteiger partial charge in [0.25, 0.3) is 0 Å². The Bertz CT molecular complexity index is 810. The van der Waals surface area contributed by atoms with E-state index in [1.807, 2.05) is 66.7 Å². The van der Waals surface area contributed by atoms with Gasteiger partial charge in [-0.2, -0.15) is 0 Å². The Hall–Kier alpha value is -2.81. The van der Waals surface area contributed by atoms with E-state index in [4.69, 9.17) is 9.94 Å². The maximum atomic E-state index is 9.10. The van der Waals surface area contributed by atoms with Crippen molar-refractivity contribution in [3.63, 3.8) is 0 Å². The van der Waals surface area contributed by atoms with E-state index in [2.05, 4.69) is 5.16 Å². The first-order valence-electron chi connectivity index (χ1n) is 7.17. The van der Waals surface area contributed by atoms with E-state index < -0.39 is 0 Å². The van der Waals surface area contributed by atoms with Crippen LogP contribution in [0.2, 0.25) is 0 Å². The van der Waals surface area contributed by atoms with Gasteiger partial charge in [0.2, 0.25) is 0 Å². The Balaban J connectivity index is 2.04. The van der Waals surface area contributed by atoms with Crippen LogP contribution < -0.4 is 4.74 Å². The highest BCUT2D eigenvalue weighted by atomic mass is 16.5. The van der Waals surface area contributed by atoms with Crippen LogP contribution >= 0.6 is 0 Å². The second-order valence-electron chi connectivity index (χ2n) is 5.12. The molecule has 0 bridgehead atoms. The molecule has 0 aliphatic heterocycles. The van der Waals surface area contributed by atoms with Gasteiger partial charge in [-0.05, 0) is 23.9 Å². The van der Waals surface area contributed by atoms with Crippen LogP contribution in [0.5, 0.6) is 5.75 Å². The zero-order valence-electron chi connectivity index (χ0n) is 12.4. The van der Waals surface area contributed by atoms with Gasteiger partial charge in [0, 0.05) is 10.9 Å². The summed E-state index contributed by atoms with van der Waals surface area (Å²) in [5.41, 5.74) is 2.44. The van der Waals surface area contributed by atoms with Crippen LogP contribution in [-0.2, 0) is 6.61 Å². The average Bonchev–Trinajstić information content (AvgIpc) is 2.59. The molecule has 0 spiro atoms. The van der Waals surface area contributed by atoms with Gasteiger partial charge in [0.05, 0.1) is 5.71 Å². The Morgan fingerprint density at radius 1 is 0.955 bits per heavy atom. The number of hydrogen-bond donors (Lipinski definition) is 1. The molecule has 3 aromatic carbocycles. The van der Waals surface area contributed by atoms with Gasteiger partial charge in [-0.1, -0.05) is 65.8 Å². The fraction of sp³-hybridized carbons (Fsp3) is 0.105. The molecule has 0 heterocycles. The van der Waals surface area contributed by atoms with Crippen molar-refractivity contribution in [2.75, 3.05) is 0 Å². The van der Waals surface area contributed by atoms with Crippen molar-refractivity contribution in [2.45, 2.75) is 13.5 Å². The van der Waals surface area contributed by atoms with Gasteiger partial charge in [0.1, 0.15) is 12.4 Å². The minimum Gasteiger partial charge on any atom is -0.488 e. The van der Waals surface area contributed by atoms with Crippen molar-refractivity contribution in [1.29, 1.82) is 0 Å². The third kappa shape index (κ3) is 2.79. The zero-order chi connectivity index (χ0) is 15.4. The standard InChI is InChI=1S/C19H17NO2/c1-14(20-21)17-12-11-16-9-5-6-10-18(16)19(17)22-13-15-7-3-2-4-8-15/h2-12,21H,13H2,1H3/b20-14+. The van der Waals surface area contributed by atoms with Crippen LogP contribution in [0, 0.1) is 0 Å². The quantitative estimate of drug-likeness (QED) is 0.433. The van der Waals surface area contributed by atoms with Crippen LogP contribution in [0.15, 0.2) is 71.9 Å². The lowest BCUT2D eigenvalue weighted by Crippen LogP contribution is -2.03.